The number of rotatable bonds is 3. The first-order valence-corrected chi connectivity index (χ1v) is 6.57. The van der Waals surface area contributed by atoms with E-state index in [0.29, 0.717) is 0 Å². The fourth-order valence-electron chi connectivity index (χ4n) is 2.39. The molecule has 116 valence electrons. The van der Waals surface area contributed by atoms with Crippen molar-refractivity contribution in [1.82, 2.24) is 15.5 Å². The topological polar surface area (TPSA) is 125 Å². The number of urea groups is 1. The number of imide groups is 1. The average molecular weight is 299 g/mol. The van der Waals surface area contributed by atoms with Gasteiger partial charge >= 0.3 is 12.0 Å². The molecule has 2 aliphatic rings. The van der Waals surface area contributed by atoms with Gasteiger partial charge in [-0.15, -0.1) is 0 Å². The number of hydrogen-bond donors (Lipinski definition) is 3. The third-order valence-electron chi connectivity index (χ3n) is 3.72. The molecule has 0 bridgehead atoms. The number of nitrogens with zero attached hydrogens (tertiary/aromatic N) is 1. The molecule has 0 aromatic heterocycles. The monoisotopic (exact) mass is 299 g/mol. The Bertz CT molecular complexity index is 480. The lowest BCUT2D eigenvalue weighted by Gasteiger charge is -2.29. The standard InChI is InChI=1S/C12H17N3O6/c1-15(8-5-21-4-6(8)11(18)19)12(20)13-7-2-3-9(16)14-10(7)17/h6-8H,2-5H2,1H3,(H,13,20)(H,18,19)(H,14,16,17). The van der Waals surface area contributed by atoms with Crippen molar-refractivity contribution >= 4 is 23.8 Å². The van der Waals surface area contributed by atoms with Crippen LogP contribution < -0.4 is 10.6 Å². The molecule has 0 aliphatic carbocycles. The molecule has 2 aliphatic heterocycles. The summed E-state index contributed by atoms with van der Waals surface area (Å²) in [5, 5.41) is 13.7. The SMILES string of the molecule is CN(C(=O)NC1CCC(=O)NC1=O)C1COCC1C(=O)O. The van der Waals surface area contributed by atoms with Gasteiger partial charge in [-0.25, -0.2) is 4.79 Å². The summed E-state index contributed by atoms with van der Waals surface area (Å²) in [6.45, 7) is 0.187. The van der Waals surface area contributed by atoms with Gasteiger partial charge in [0, 0.05) is 13.5 Å². The molecule has 2 fully saturated rings. The van der Waals surface area contributed by atoms with E-state index in [1.165, 1.54) is 11.9 Å². The quantitative estimate of drug-likeness (QED) is 0.547. The lowest BCUT2D eigenvalue weighted by atomic mass is 10.0. The summed E-state index contributed by atoms with van der Waals surface area (Å²) in [5.41, 5.74) is 0. The Labute approximate surface area is 120 Å². The van der Waals surface area contributed by atoms with Crippen molar-refractivity contribution in [3.63, 3.8) is 0 Å². The smallest absolute Gasteiger partial charge is 0.318 e. The molecule has 3 atom stereocenters. The summed E-state index contributed by atoms with van der Waals surface area (Å²) >= 11 is 0. The molecule has 2 saturated heterocycles. The van der Waals surface area contributed by atoms with Crippen molar-refractivity contribution in [3.8, 4) is 0 Å². The molecule has 0 spiro atoms. The lowest BCUT2D eigenvalue weighted by molar-refractivity contribution is -0.143. The molecule has 0 aromatic carbocycles. The number of hydrogen-bond acceptors (Lipinski definition) is 5. The third-order valence-corrected chi connectivity index (χ3v) is 3.72. The maximum Gasteiger partial charge on any atom is 0.318 e. The maximum atomic E-state index is 12.1. The van der Waals surface area contributed by atoms with E-state index >= 15 is 0 Å². The summed E-state index contributed by atoms with van der Waals surface area (Å²) < 4.78 is 5.10. The zero-order chi connectivity index (χ0) is 15.6. The number of nitrogens with one attached hydrogen (secondary N) is 2. The van der Waals surface area contributed by atoms with Gasteiger partial charge in [0.2, 0.25) is 11.8 Å². The third kappa shape index (κ3) is 3.30. The zero-order valence-corrected chi connectivity index (χ0v) is 11.5. The van der Waals surface area contributed by atoms with Crippen LogP contribution in [0.2, 0.25) is 0 Å². The normalized spacial score (nSPS) is 28.9. The number of carbonyl (C=O) groups excluding carboxylic acids is 3. The Morgan fingerprint density at radius 1 is 1.38 bits per heavy atom. The van der Waals surface area contributed by atoms with Gasteiger partial charge in [0.25, 0.3) is 0 Å². The number of amides is 4. The Balaban J connectivity index is 1.95. The highest BCUT2D eigenvalue weighted by atomic mass is 16.5. The van der Waals surface area contributed by atoms with Crippen LogP contribution in [0.15, 0.2) is 0 Å². The van der Waals surface area contributed by atoms with E-state index in [4.69, 9.17) is 9.84 Å². The molecule has 9 nitrogen and oxygen atoms in total. The van der Waals surface area contributed by atoms with Gasteiger partial charge in [-0.3, -0.25) is 19.7 Å². The first-order valence-electron chi connectivity index (χ1n) is 6.57. The fourth-order valence-corrected chi connectivity index (χ4v) is 2.39. The molecule has 2 rings (SSSR count). The summed E-state index contributed by atoms with van der Waals surface area (Å²) in [7, 11) is 1.45. The first-order chi connectivity index (χ1) is 9.90. The van der Waals surface area contributed by atoms with Gasteiger partial charge in [0.1, 0.15) is 12.0 Å². The van der Waals surface area contributed by atoms with Crippen LogP contribution in [-0.2, 0) is 19.1 Å². The van der Waals surface area contributed by atoms with Crippen molar-refractivity contribution in [2.24, 2.45) is 5.92 Å². The van der Waals surface area contributed by atoms with Crippen molar-refractivity contribution in [2.45, 2.75) is 24.9 Å². The van der Waals surface area contributed by atoms with E-state index in [9.17, 15) is 19.2 Å². The van der Waals surface area contributed by atoms with Gasteiger partial charge in [0.15, 0.2) is 0 Å². The molecule has 4 amide bonds. The van der Waals surface area contributed by atoms with Gasteiger partial charge < -0.3 is 20.1 Å². The van der Waals surface area contributed by atoms with Crippen LogP contribution in [0.1, 0.15) is 12.8 Å². The second-order valence-corrected chi connectivity index (χ2v) is 5.11. The highest BCUT2D eigenvalue weighted by Gasteiger charge is 2.39. The Kier molecular flexibility index (Phi) is 4.41. The molecule has 0 radical (unpaired) electrons. The van der Waals surface area contributed by atoms with Crippen LogP contribution in [0.5, 0.6) is 0 Å². The van der Waals surface area contributed by atoms with Crippen LogP contribution in [0.4, 0.5) is 4.79 Å². The van der Waals surface area contributed by atoms with Gasteiger partial charge in [-0.05, 0) is 6.42 Å². The second kappa shape index (κ2) is 6.08. The number of ether oxygens (including phenoxy) is 1. The second-order valence-electron chi connectivity index (χ2n) is 5.11. The predicted molar refractivity (Wildman–Crippen MR) is 68.2 cm³/mol. The van der Waals surface area contributed by atoms with Crippen LogP contribution in [0, 0.1) is 5.92 Å². The molecule has 0 saturated carbocycles. The molecule has 3 N–H and O–H groups in total. The van der Waals surface area contributed by atoms with E-state index < -0.39 is 35.9 Å². The summed E-state index contributed by atoms with van der Waals surface area (Å²) in [6.07, 6.45) is 0.387. The lowest BCUT2D eigenvalue weighted by Crippen LogP contribution is -2.56. The number of carboxylic acid groups (broad SMARTS) is 1. The fraction of sp³-hybridized carbons (Fsp3) is 0.667. The highest BCUT2D eigenvalue weighted by Crippen LogP contribution is 2.19. The summed E-state index contributed by atoms with van der Waals surface area (Å²) in [4.78, 5) is 47.0. The Morgan fingerprint density at radius 3 is 2.71 bits per heavy atom. The minimum atomic E-state index is -1.03. The molecule has 2 heterocycles. The van der Waals surface area contributed by atoms with E-state index in [2.05, 4.69) is 10.6 Å². The molecular weight excluding hydrogens is 282 g/mol. The van der Waals surface area contributed by atoms with Crippen molar-refractivity contribution in [1.29, 1.82) is 0 Å². The van der Waals surface area contributed by atoms with E-state index in [0.717, 1.165) is 0 Å². The van der Waals surface area contributed by atoms with E-state index in [-0.39, 0.29) is 32.0 Å². The molecule has 3 unspecified atom stereocenters. The van der Waals surface area contributed by atoms with Crippen LogP contribution in [0.25, 0.3) is 0 Å². The van der Waals surface area contributed by atoms with Crippen molar-refractivity contribution in [3.05, 3.63) is 0 Å². The first kappa shape index (κ1) is 15.2. The van der Waals surface area contributed by atoms with Gasteiger partial charge in [-0.2, -0.15) is 0 Å². The van der Waals surface area contributed by atoms with Crippen molar-refractivity contribution < 1.29 is 29.0 Å². The molecule has 21 heavy (non-hydrogen) atoms. The van der Waals surface area contributed by atoms with E-state index in [1.54, 1.807) is 0 Å². The molecular formula is C12H17N3O6. The largest absolute Gasteiger partial charge is 0.481 e. The molecule has 9 heteroatoms. The minimum absolute atomic E-state index is 0.0516. The predicted octanol–water partition coefficient (Wildman–Crippen LogP) is -1.47. The van der Waals surface area contributed by atoms with Crippen molar-refractivity contribution in [2.75, 3.05) is 20.3 Å². The average Bonchev–Trinajstić information content (AvgIpc) is 2.90. The highest BCUT2D eigenvalue weighted by molar-refractivity contribution is 6.01. The summed E-state index contributed by atoms with van der Waals surface area (Å²) in [6, 6.07) is -1.94. The van der Waals surface area contributed by atoms with E-state index in [1.807, 2.05) is 0 Å². The van der Waals surface area contributed by atoms with Gasteiger partial charge in [-0.1, -0.05) is 0 Å². The van der Waals surface area contributed by atoms with Crippen LogP contribution >= 0.6 is 0 Å². The number of carbonyl (C=O) groups is 4. The minimum Gasteiger partial charge on any atom is -0.481 e. The molecule has 0 aromatic rings. The van der Waals surface area contributed by atoms with Crippen LogP contribution in [-0.4, -0.2) is 66.2 Å². The van der Waals surface area contributed by atoms with Crippen LogP contribution in [0.3, 0.4) is 0 Å². The maximum absolute atomic E-state index is 12.1. The number of likely N-dealkylation sites (N-methyl/N-ethyl adjacent to an activating group) is 1. The number of carboxylic acids is 1. The Hall–Kier alpha value is -2.16. The summed E-state index contributed by atoms with van der Waals surface area (Å²) in [5.74, 6) is -2.74. The number of aliphatic carboxylic acids is 1. The number of piperidine rings is 1. The van der Waals surface area contributed by atoms with Gasteiger partial charge in [0.05, 0.1) is 19.3 Å². The zero-order valence-electron chi connectivity index (χ0n) is 11.5. The Morgan fingerprint density at radius 2 is 2.10 bits per heavy atom.